The molecule has 0 unspecified atom stereocenters. The van der Waals surface area contributed by atoms with Crippen molar-refractivity contribution in [3.8, 4) is 33.6 Å². The van der Waals surface area contributed by atoms with Crippen molar-refractivity contribution < 1.29 is 14.3 Å². The van der Waals surface area contributed by atoms with Crippen LogP contribution in [0.2, 0.25) is 0 Å². The second-order valence-corrected chi connectivity index (χ2v) is 12.9. The summed E-state index contributed by atoms with van der Waals surface area (Å²) in [6.07, 6.45) is 4.09. The Hall–Kier alpha value is -4.17. The number of ether oxygens (including phenoxy) is 2. The van der Waals surface area contributed by atoms with Crippen molar-refractivity contribution >= 4 is 11.9 Å². The van der Waals surface area contributed by atoms with Gasteiger partial charge in [0.1, 0.15) is 11.4 Å². The summed E-state index contributed by atoms with van der Waals surface area (Å²) in [5.74, 6) is 1.12. The van der Waals surface area contributed by atoms with E-state index >= 15 is 0 Å². The Labute approximate surface area is 252 Å². The number of H-pyrrole nitrogens is 1. The fourth-order valence-corrected chi connectivity index (χ4v) is 6.50. The third-order valence-electron chi connectivity index (χ3n) is 8.84. The number of rotatable bonds is 5. The zero-order valence-corrected chi connectivity index (χ0v) is 25.2. The van der Waals surface area contributed by atoms with Gasteiger partial charge in [0.25, 0.3) is 0 Å². The number of hydrogen-bond donors (Lipinski definition) is 2. The summed E-state index contributed by atoms with van der Waals surface area (Å²) in [5.41, 5.74) is 8.75. The number of pyridine rings is 1. The number of aromatic amines is 1. The average molecular weight is 578 g/mol. The molecule has 8 nitrogen and oxygen atoms in total. The number of morpholine rings is 1. The molecule has 2 fully saturated rings. The summed E-state index contributed by atoms with van der Waals surface area (Å²) in [6.45, 7) is 9.11. The molecule has 2 aromatic heterocycles. The molecule has 1 saturated heterocycles. The van der Waals surface area contributed by atoms with Crippen molar-refractivity contribution in [2.24, 2.45) is 0 Å². The van der Waals surface area contributed by atoms with Crippen LogP contribution in [0.3, 0.4) is 0 Å². The summed E-state index contributed by atoms with van der Waals surface area (Å²) < 4.78 is 11.6. The molecule has 8 heteroatoms. The van der Waals surface area contributed by atoms with Crippen LogP contribution in [0.1, 0.15) is 56.9 Å². The Morgan fingerprint density at radius 3 is 2.37 bits per heavy atom. The Kier molecular flexibility index (Phi) is 6.96. The molecule has 2 aliphatic carbocycles. The van der Waals surface area contributed by atoms with Crippen molar-refractivity contribution in [3.63, 3.8) is 0 Å². The maximum atomic E-state index is 12.7. The van der Waals surface area contributed by atoms with Gasteiger partial charge in [0.2, 0.25) is 0 Å². The first-order valence-electron chi connectivity index (χ1n) is 15.4. The van der Waals surface area contributed by atoms with Gasteiger partial charge in [-0.1, -0.05) is 54.6 Å². The molecule has 2 aromatic carbocycles. The third-order valence-corrected chi connectivity index (χ3v) is 8.84. The minimum Gasteiger partial charge on any atom is -0.438 e. The topological polar surface area (TPSA) is 92.4 Å². The van der Waals surface area contributed by atoms with Crippen LogP contribution >= 0.6 is 0 Å². The number of fused-ring (bicyclic) bond motifs is 3. The van der Waals surface area contributed by atoms with E-state index in [1.807, 2.05) is 26.8 Å². The lowest BCUT2D eigenvalue weighted by Gasteiger charge is -2.42. The van der Waals surface area contributed by atoms with Crippen molar-refractivity contribution in [3.05, 3.63) is 77.5 Å². The average Bonchev–Trinajstić information content (AvgIpc) is 3.43. The van der Waals surface area contributed by atoms with Crippen LogP contribution in [0.5, 0.6) is 0 Å². The molecular formula is C35H39N5O3. The lowest BCUT2D eigenvalue weighted by atomic mass is 9.74. The zero-order valence-electron chi connectivity index (χ0n) is 25.2. The molecule has 3 heterocycles. The number of benzene rings is 2. The van der Waals surface area contributed by atoms with Crippen LogP contribution in [0.25, 0.3) is 33.6 Å². The summed E-state index contributed by atoms with van der Waals surface area (Å²) in [4.78, 5) is 20.4. The highest BCUT2D eigenvalue weighted by atomic mass is 16.6. The second-order valence-electron chi connectivity index (χ2n) is 12.9. The Bertz CT molecular complexity index is 1630. The van der Waals surface area contributed by atoms with Gasteiger partial charge in [-0.3, -0.25) is 10.1 Å². The zero-order chi connectivity index (χ0) is 29.6. The highest BCUT2D eigenvalue weighted by molar-refractivity contribution is 5.86. The van der Waals surface area contributed by atoms with Crippen molar-refractivity contribution in [2.45, 2.75) is 64.0 Å². The predicted octanol–water partition coefficient (Wildman–Crippen LogP) is 6.64. The standard InChI is InChI=1S/C35H39N5O3/c1-34(2,3)37-33(41)43-35(16-7-17-35)25-12-10-24(11-13-25)30-27(23-8-5-4-6-9-23)22-28-29(36-30)15-14-26-31(28)38-39-32(26)40-18-20-42-21-19-40/h4-6,8-13,22H,7,14-21H2,1-3H3,(H,37,41)(H,38,39). The normalized spacial score (nSPS) is 17.4. The van der Waals surface area contributed by atoms with Gasteiger partial charge in [0, 0.05) is 40.9 Å². The number of hydrogen-bond acceptors (Lipinski definition) is 6. The van der Waals surface area contributed by atoms with E-state index in [0.717, 1.165) is 109 Å². The SMILES string of the molecule is CC(C)(C)NC(=O)OC1(c2ccc(-c3nc4c(cc3-c3ccccc3)-c3n[nH]c(N5CCOCC5)c3CC4)cc2)CCC1. The number of carbonyl (C=O) groups is 1. The van der Waals surface area contributed by atoms with Crippen LogP contribution in [-0.4, -0.2) is 53.1 Å². The number of amides is 1. The van der Waals surface area contributed by atoms with Crippen LogP contribution < -0.4 is 10.2 Å². The molecular weight excluding hydrogens is 538 g/mol. The molecule has 2 N–H and O–H groups in total. The van der Waals surface area contributed by atoms with E-state index in [1.165, 1.54) is 5.56 Å². The number of anilines is 1. The van der Waals surface area contributed by atoms with Crippen LogP contribution in [0.15, 0.2) is 60.7 Å². The first-order chi connectivity index (χ1) is 20.8. The highest BCUT2D eigenvalue weighted by Crippen LogP contribution is 2.46. The fraction of sp³-hybridized carbons (Fsp3) is 0.400. The molecule has 43 heavy (non-hydrogen) atoms. The molecule has 3 aliphatic rings. The lowest BCUT2D eigenvalue weighted by Crippen LogP contribution is -2.47. The monoisotopic (exact) mass is 577 g/mol. The number of nitrogens with one attached hydrogen (secondary N) is 2. The smallest absolute Gasteiger partial charge is 0.408 e. The summed E-state index contributed by atoms with van der Waals surface area (Å²) in [7, 11) is 0. The van der Waals surface area contributed by atoms with E-state index in [1.54, 1.807) is 0 Å². The summed E-state index contributed by atoms with van der Waals surface area (Å²) in [5, 5.41) is 11.1. The molecule has 0 atom stereocenters. The van der Waals surface area contributed by atoms with E-state index < -0.39 is 5.60 Å². The van der Waals surface area contributed by atoms with Gasteiger partial charge in [-0.2, -0.15) is 5.10 Å². The van der Waals surface area contributed by atoms with Gasteiger partial charge < -0.3 is 19.7 Å². The molecule has 0 radical (unpaired) electrons. The van der Waals surface area contributed by atoms with Crippen molar-refractivity contribution in [1.29, 1.82) is 0 Å². The van der Waals surface area contributed by atoms with Gasteiger partial charge in [-0.05, 0) is 70.1 Å². The number of carbonyl (C=O) groups excluding carboxylic acids is 1. The van der Waals surface area contributed by atoms with E-state index in [9.17, 15) is 4.79 Å². The largest absolute Gasteiger partial charge is 0.438 e. The van der Waals surface area contributed by atoms with Crippen LogP contribution in [-0.2, 0) is 27.9 Å². The van der Waals surface area contributed by atoms with Gasteiger partial charge in [-0.25, -0.2) is 4.79 Å². The van der Waals surface area contributed by atoms with E-state index in [4.69, 9.17) is 19.6 Å². The lowest BCUT2D eigenvalue weighted by molar-refractivity contribution is -0.0549. The number of nitrogens with zero attached hydrogens (tertiary/aromatic N) is 3. The van der Waals surface area contributed by atoms with Crippen LogP contribution in [0, 0.1) is 0 Å². The van der Waals surface area contributed by atoms with Gasteiger partial charge in [-0.15, -0.1) is 0 Å². The van der Waals surface area contributed by atoms with E-state index in [-0.39, 0.29) is 11.6 Å². The van der Waals surface area contributed by atoms with Gasteiger partial charge >= 0.3 is 6.09 Å². The Morgan fingerprint density at radius 2 is 1.70 bits per heavy atom. The van der Waals surface area contributed by atoms with E-state index in [2.05, 4.69) is 69.9 Å². The fourth-order valence-electron chi connectivity index (χ4n) is 6.50. The Morgan fingerprint density at radius 1 is 0.953 bits per heavy atom. The van der Waals surface area contributed by atoms with Gasteiger partial charge in [0.15, 0.2) is 0 Å². The summed E-state index contributed by atoms with van der Waals surface area (Å²) in [6, 6.07) is 21.2. The maximum absolute atomic E-state index is 12.7. The quantitative estimate of drug-likeness (QED) is 0.276. The highest BCUT2D eigenvalue weighted by Gasteiger charge is 2.43. The number of alkyl carbamates (subject to hydrolysis) is 1. The van der Waals surface area contributed by atoms with E-state index in [0.29, 0.717) is 0 Å². The van der Waals surface area contributed by atoms with Crippen molar-refractivity contribution in [2.75, 3.05) is 31.2 Å². The molecule has 7 rings (SSSR count). The first kappa shape index (κ1) is 27.7. The molecule has 1 saturated carbocycles. The number of aryl methyl sites for hydroxylation is 1. The molecule has 1 aliphatic heterocycles. The van der Waals surface area contributed by atoms with Crippen molar-refractivity contribution in [1.82, 2.24) is 20.5 Å². The summed E-state index contributed by atoms with van der Waals surface area (Å²) >= 11 is 0. The second kappa shape index (κ2) is 10.8. The minimum atomic E-state index is -0.575. The molecule has 4 aromatic rings. The molecule has 0 spiro atoms. The Balaban J connectivity index is 1.25. The number of aromatic nitrogens is 3. The van der Waals surface area contributed by atoms with Gasteiger partial charge in [0.05, 0.1) is 30.3 Å². The predicted molar refractivity (Wildman–Crippen MR) is 168 cm³/mol. The minimum absolute atomic E-state index is 0.349. The third kappa shape index (κ3) is 5.29. The first-order valence-corrected chi connectivity index (χ1v) is 15.4. The molecule has 222 valence electrons. The molecule has 1 amide bonds. The molecule has 0 bridgehead atoms. The van der Waals surface area contributed by atoms with Crippen LogP contribution in [0.4, 0.5) is 10.6 Å². The maximum Gasteiger partial charge on any atom is 0.408 e.